The lowest BCUT2D eigenvalue weighted by atomic mass is 10.1. The van der Waals surface area contributed by atoms with Crippen LogP contribution in [-0.4, -0.2) is 51.3 Å². The van der Waals surface area contributed by atoms with Crippen LogP contribution in [0, 0.1) is 0 Å². The quantitative estimate of drug-likeness (QED) is 0.901. The molecule has 0 aliphatic carbocycles. The minimum atomic E-state index is -0.106. The number of aromatic amines is 1. The normalized spacial score (nSPS) is 23.9. The Morgan fingerprint density at radius 1 is 1.58 bits per heavy atom. The van der Waals surface area contributed by atoms with Crippen LogP contribution in [0.5, 0.6) is 0 Å². The van der Waals surface area contributed by atoms with Crippen molar-refractivity contribution >= 4 is 5.91 Å². The summed E-state index contributed by atoms with van der Waals surface area (Å²) in [6, 6.07) is 0.115. The van der Waals surface area contributed by atoms with Crippen LogP contribution in [0.2, 0.25) is 0 Å². The summed E-state index contributed by atoms with van der Waals surface area (Å²) in [5.41, 5.74) is 0. The van der Waals surface area contributed by atoms with E-state index < -0.39 is 0 Å². The number of rotatable bonds is 3. The van der Waals surface area contributed by atoms with Crippen LogP contribution >= 0.6 is 0 Å². The lowest BCUT2D eigenvalue weighted by Gasteiger charge is -2.37. The van der Waals surface area contributed by atoms with Crippen LogP contribution in [0.3, 0.4) is 0 Å². The van der Waals surface area contributed by atoms with Crippen molar-refractivity contribution < 1.29 is 9.53 Å². The van der Waals surface area contributed by atoms with Crippen molar-refractivity contribution in [3.8, 4) is 0 Å². The summed E-state index contributed by atoms with van der Waals surface area (Å²) in [5, 5.41) is 6.87. The Morgan fingerprint density at radius 3 is 2.89 bits per heavy atom. The molecule has 0 aromatic carbocycles. The van der Waals surface area contributed by atoms with E-state index in [4.69, 9.17) is 4.74 Å². The second-order valence-electron chi connectivity index (χ2n) is 5.36. The third-order valence-corrected chi connectivity index (χ3v) is 3.44. The van der Waals surface area contributed by atoms with Gasteiger partial charge in [-0.1, -0.05) is 20.8 Å². The first-order valence-corrected chi connectivity index (χ1v) is 6.87. The van der Waals surface area contributed by atoms with E-state index >= 15 is 0 Å². The molecular weight excluding hydrogens is 244 g/mol. The van der Waals surface area contributed by atoms with Gasteiger partial charge in [-0.2, -0.15) is 0 Å². The molecule has 1 saturated heterocycles. The average molecular weight is 266 g/mol. The van der Waals surface area contributed by atoms with Crippen LogP contribution in [-0.2, 0) is 4.74 Å². The minimum Gasteiger partial charge on any atom is -0.375 e. The second-order valence-corrected chi connectivity index (χ2v) is 5.36. The monoisotopic (exact) mass is 266 g/mol. The maximum Gasteiger partial charge on any atom is 0.293 e. The van der Waals surface area contributed by atoms with E-state index in [-0.39, 0.29) is 29.8 Å². The highest BCUT2D eigenvalue weighted by Gasteiger charge is 2.32. The highest BCUT2D eigenvalue weighted by Crippen LogP contribution is 2.17. The number of ether oxygens (including phenoxy) is 1. The molecule has 1 fully saturated rings. The predicted molar refractivity (Wildman–Crippen MR) is 71.0 cm³/mol. The summed E-state index contributed by atoms with van der Waals surface area (Å²) in [5.74, 6) is 1.14. The van der Waals surface area contributed by atoms with E-state index in [1.165, 1.54) is 0 Å². The van der Waals surface area contributed by atoms with E-state index in [1.807, 2.05) is 25.7 Å². The van der Waals surface area contributed by atoms with Crippen molar-refractivity contribution in [3.05, 3.63) is 11.6 Å². The van der Waals surface area contributed by atoms with E-state index in [0.29, 0.717) is 13.2 Å². The zero-order valence-electron chi connectivity index (χ0n) is 12.0. The minimum absolute atomic E-state index is 0.0651. The third-order valence-electron chi connectivity index (χ3n) is 3.44. The first-order chi connectivity index (χ1) is 9.02. The first kappa shape index (κ1) is 14.0. The second kappa shape index (κ2) is 5.69. The molecule has 0 radical (unpaired) electrons. The van der Waals surface area contributed by atoms with Crippen molar-refractivity contribution in [2.24, 2.45) is 0 Å². The topological polar surface area (TPSA) is 71.1 Å². The van der Waals surface area contributed by atoms with Crippen LogP contribution in [0.15, 0.2) is 0 Å². The molecule has 0 bridgehead atoms. The molecule has 0 saturated carbocycles. The Bertz CT molecular complexity index is 444. The zero-order chi connectivity index (χ0) is 14.0. The third kappa shape index (κ3) is 2.94. The largest absolute Gasteiger partial charge is 0.375 e. The van der Waals surface area contributed by atoms with Gasteiger partial charge in [-0.25, -0.2) is 4.98 Å². The summed E-state index contributed by atoms with van der Waals surface area (Å²) in [4.78, 5) is 18.6. The molecule has 2 unspecified atom stereocenters. The number of carbonyl (C=O) groups excluding carboxylic acids is 1. The van der Waals surface area contributed by atoms with Crippen LogP contribution in [0.4, 0.5) is 0 Å². The maximum absolute atomic E-state index is 12.5. The molecule has 2 atom stereocenters. The molecule has 2 rings (SSSR count). The Balaban J connectivity index is 2.16. The van der Waals surface area contributed by atoms with E-state index in [0.717, 1.165) is 12.2 Å². The number of aromatic nitrogens is 3. The molecule has 106 valence electrons. The van der Waals surface area contributed by atoms with Crippen LogP contribution < -0.4 is 0 Å². The average Bonchev–Trinajstić information content (AvgIpc) is 2.87. The number of carbonyl (C=O) groups is 1. The molecule has 6 heteroatoms. The van der Waals surface area contributed by atoms with Crippen LogP contribution in [0.25, 0.3) is 0 Å². The number of amides is 1. The summed E-state index contributed by atoms with van der Waals surface area (Å²) in [6.45, 7) is 9.25. The summed E-state index contributed by atoms with van der Waals surface area (Å²) >= 11 is 0. The van der Waals surface area contributed by atoms with Gasteiger partial charge in [-0.15, -0.1) is 5.10 Å². The van der Waals surface area contributed by atoms with Gasteiger partial charge in [0.2, 0.25) is 5.82 Å². The Hall–Kier alpha value is -1.43. The smallest absolute Gasteiger partial charge is 0.293 e. The highest BCUT2D eigenvalue weighted by molar-refractivity contribution is 5.90. The summed E-state index contributed by atoms with van der Waals surface area (Å²) in [6.07, 6.45) is 0.940. The number of nitrogens with one attached hydrogen (secondary N) is 1. The van der Waals surface area contributed by atoms with Gasteiger partial charge in [-0.3, -0.25) is 9.89 Å². The maximum atomic E-state index is 12.5. The van der Waals surface area contributed by atoms with E-state index in [9.17, 15) is 4.79 Å². The van der Waals surface area contributed by atoms with Gasteiger partial charge in [0.1, 0.15) is 5.82 Å². The molecule has 6 nitrogen and oxygen atoms in total. The standard InChI is InChI=1S/C13H22N4O2/c1-5-10-7-19-9(4)6-17(10)13(18)12-14-11(8(2)3)15-16-12/h8-10H,5-7H2,1-4H3,(H,14,15,16). The number of morpholine rings is 1. The molecule has 1 N–H and O–H groups in total. The predicted octanol–water partition coefficient (Wildman–Crippen LogP) is 1.57. The van der Waals surface area contributed by atoms with Gasteiger partial charge < -0.3 is 9.64 Å². The Morgan fingerprint density at radius 2 is 2.32 bits per heavy atom. The molecule has 1 aliphatic rings. The lowest BCUT2D eigenvalue weighted by molar-refractivity contribution is -0.0447. The lowest BCUT2D eigenvalue weighted by Crippen LogP contribution is -2.51. The fraction of sp³-hybridized carbons (Fsp3) is 0.769. The van der Waals surface area contributed by atoms with Crippen molar-refractivity contribution in [1.29, 1.82) is 0 Å². The van der Waals surface area contributed by atoms with Gasteiger partial charge in [0, 0.05) is 12.5 Å². The van der Waals surface area contributed by atoms with Crippen molar-refractivity contribution in [1.82, 2.24) is 20.1 Å². The fourth-order valence-electron chi connectivity index (χ4n) is 2.19. The molecule has 1 amide bonds. The molecular formula is C13H22N4O2. The van der Waals surface area contributed by atoms with Gasteiger partial charge in [0.25, 0.3) is 5.91 Å². The summed E-state index contributed by atoms with van der Waals surface area (Å²) < 4.78 is 5.60. The summed E-state index contributed by atoms with van der Waals surface area (Å²) in [7, 11) is 0. The fourth-order valence-corrected chi connectivity index (χ4v) is 2.19. The number of hydrogen-bond acceptors (Lipinski definition) is 4. The molecule has 2 heterocycles. The van der Waals surface area contributed by atoms with Gasteiger partial charge in [0.05, 0.1) is 18.8 Å². The number of nitrogens with zero attached hydrogens (tertiary/aromatic N) is 3. The Labute approximate surface area is 113 Å². The number of hydrogen-bond donors (Lipinski definition) is 1. The van der Waals surface area contributed by atoms with Gasteiger partial charge in [0.15, 0.2) is 0 Å². The van der Waals surface area contributed by atoms with E-state index in [1.54, 1.807) is 0 Å². The van der Waals surface area contributed by atoms with E-state index in [2.05, 4.69) is 22.1 Å². The number of H-pyrrole nitrogens is 1. The molecule has 19 heavy (non-hydrogen) atoms. The van der Waals surface area contributed by atoms with Crippen molar-refractivity contribution in [2.75, 3.05) is 13.2 Å². The van der Waals surface area contributed by atoms with Gasteiger partial charge in [-0.05, 0) is 13.3 Å². The first-order valence-electron chi connectivity index (χ1n) is 6.87. The highest BCUT2D eigenvalue weighted by atomic mass is 16.5. The molecule has 0 spiro atoms. The Kier molecular flexibility index (Phi) is 4.19. The molecule has 1 aromatic rings. The van der Waals surface area contributed by atoms with Crippen molar-refractivity contribution in [2.45, 2.75) is 52.2 Å². The van der Waals surface area contributed by atoms with Gasteiger partial charge >= 0.3 is 0 Å². The van der Waals surface area contributed by atoms with Crippen LogP contribution in [0.1, 0.15) is 56.5 Å². The van der Waals surface area contributed by atoms with Crippen molar-refractivity contribution in [3.63, 3.8) is 0 Å². The zero-order valence-corrected chi connectivity index (χ0v) is 12.0. The molecule has 1 aliphatic heterocycles. The SMILES string of the molecule is CCC1COC(C)CN1C(=O)c1n[nH]c(C(C)C)n1. The molecule has 1 aromatic heterocycles.